The van der Waals surface area contributed by atoms with E-state index in [1.807, 2.05) is 31.2 Å². The summed E-state index contributed by atoms with van der Waals surface area (Å²) in [6, 6.07) is 11.2. The second-order valence-electron chi connectivity index (χ2n) is 5.41. The van der Waals surface area contributed by atoms with Gasteiger partial charge in [-0.1, -0.05) is 17.7 Å². The van der Waals surface area contributed by atoms with Crippen molar-refractivity contribution in [3.63, 3.8) is 0 Å². The van der Waals surface area contributed by atoms with Crippen LogP contribution in [-0.2, 0) is 4.79 Å². The Kier molecular flexibility index (Phi) is 3.35. The Balaban J connectivity index is 1.63. The van der Waals surface area contributed by atoms with Crippen LogP contribution in [0, 0.1) is 6.92 Å². The Morgan fingerprint density at radius 3 is 2.52 bits per heavy atom. The molecule has 3 rings (SSSR count). The van der Waals surface area contributed by atoms with Gasteiger partial charge in [0.1, 0.15) is 5.75 Å². The monoisotopic (exact) mass is 283 g/mol. The fourth-order valence-electron chi connectivity index (χ4n) is 1.86. The van der Waals surface area contributed by atoms with Crippen LogP contribution in [0.15, 0.2) is 42.6 Å². The fourth-order valence-corrected chi connectivity index (χ4v) is 1.86. The molecule has 1 saturated carbocycles. The van der Waals surface area contributed by atoms with Crippen LogP contribution >= 0.6 is 0 Å². The van der Waals surface area contributed by atoms with Gasteiger partial charge in [-0.25, -0.2) is 4.98 Å². The number of nitrogens with one attached hydrogen (secondary N) is 1. The molecule has 2 aromatic rings. The third kappa shape index (κ3) is 3.20. The number of carbonyl (C=O) groups is 1. The second-order valence-corrected chi connectivity index (χ2v) is 5.41. The van der Waals surface area contributed by atoms with Gasteiger partial charge in [-0.3, -0.25) is 4.79 Å². The van der Waals surface area contributed by atoms with Gasteiger partial charge in [-0.05, 0) is 38.0 Å². The first-order valence-electron chi connectivity index (χ1n) is 6.86. The van der Waals surface area contributed by atoms with Crippen molar-refractivity contribution in [1.29, 1.82) is 0 Å². The molecule has 5 heteroatoms. The predicted molar refractivity (Wildman–Crippen MR) is 80.3 cm³/mol. The summed E-state index contributed by atoms with van der Waals surface area (Å²) < 4.78 is 5.62. The van der Waals surface area contributed by atoms with Gasteiger partial charge in [0.15, 0.2) is 0 Å². The Morgan fingerprint density at radius 2 is 1.95 bits per heavy atom. The van der Waals surface area contributed by atoms with Gasteiger partial charge in [0.2, 0.25) is 11.8 Å². The summed E-state index contributed by atoms with van der Waals surface area (Å²) >= 11 is 0. The number of pyridine rings is 1. The first kappa shape index (κ1) is 13.6. The number of rotatable bonds is 4. The van der Waals surface area contributed by atoms with E-state index in [-0.39, 0.29) is 5.91 Å². The quantitative estimate of drug-likeness (QED) is 0.904. The van der Waals surface area contributed by atoms with Crippen molar-refractivity contribution in [3.05, 3.63) is 48.2 Å². The van der Waals surface area contributed by atoms with Crippen LogP contribution in [0.25, 0.3) is 0 Å². The molecule has 0 atom stereocenters. The summed E-state index contributed by atoms with van der Waals surface area (Å²) in [6.45, 7) is 2.02. The van der Waals surface area contributed by atoms with Crippen LogP contribution in [0.1, 0.15) is 18.4 Å². The first-order chi connectivity index (χ1) is 10.0. The van der Waals surface area contributed by atoms with Crippen molar-refractivity contribution in [2.24, 2.45) is 5.73 Å². The molecule has 1 heterocycles. The van der Waals surface area contributed by atoms with Crippen molar-refractivity contribution in [2.75, 3.05) is 5.32 Å². The van der Waals surface area contributed by atoms with Crippen molar-refractivity contribution in [1.82, 2.24) is 4.98 Å². The van der Waals surface area contributed by atoms with Crippen molar-refractivity contribution in [3.8, 4) is 11.6 Å². The van der Waals surface area contributed by atoms with Gasteiger partial charge in [-0.15, -0.1) is 0 Å². The highest BCUT2D eigenvalue weighted by molar-refractivity contribution is 5.99. The molecule has 1 amide bonds. The number of anilines is 1. The maximum Gasteiger partial charge on any atom is 0.244 e. The fraction of sp³-hybridized carbons (Fsp3) is 0.250. The molecule has 21 heavy (non-hydrogen) atoms. The van der Waals surface area contributed by atoms with Crippen LogP contribution in [-0.4, -0.2) is 16.4 Å². The molecule has 0 radical (unpaired) electrons. The van der Waals surface area contributed by atoms with Crippen LogP contribution in [0.4, 0.5) is 5.69 Å². The van der Waals surface area contributed by atoms with E-state index in [4.69, 9.17) is 10.5 Å². The molecule has 3 N–H and O–H groups in total. The van der Waals surface area contributed by atoms with Gasteiger partial charge in [0.05, 0.1) is 17.4 Å². The molecule has 108 valence electrons. The molecule has 1 aliphatic rings. The average molecular weight is 283 g/mol. The third-order valence-corrected chi connectivity index (χ3v) is 3.48. The second kappa shape index (κ2) is 5.18. The zero-order valence-electron chi connectivity index (χ0n) is 11.8. The standard InChI is InChI=1S/C16H17N3O2/c1-11-2-5-13(6-3-11)21-14-7-4-12(10-18-14)19-15(20)16(17)8-9-16/h2-7,10H,8-9,17H2,1H3,(H,19,20). The van der Waals surface area contributed by atoms with E-state index >= 15 is 0 Å². The molecule has 0 aliphatic heterocycles. The predicted octanol–water partition coefficient (Wildman–Crippen LogP) is 2.61. The molecule has 1 fully saturated rings. The van der Waals surface area contributed by atoms with Crippen LogP contribution < -0.4 is 15.8 Å². The highest BCUT2D eigenvalue weighted by Gasteiger charge is 2.45. The number of hydrogen-bond donors (Lipinski definition) is 2. The topological polar surface area (TPSA) is 77.2 Å². The number of ether oxygens (including phenoxy) is 1. The van der Waals surface area contributed by atoms with Crippen LogP contribution in [0.2, 0.25) is 0 Å². The summed E-state index contributed by atoms with van der Waals surface area (Å²) in [5.41, 5.74) is 6.93. The molecule has 1 aliphatic carbocycles. The summed E-state index contributed by atoms with van der Waals surface area (Å²) in [7, 11) is 0. The van der Waals surface area contributed by atoms with E-state index in [0.29, 0.717) is 11.6 Å². The molecule has 0 unspecified atom stereocenters. The lowest BCUT2D eigenvalue weighted by Crippen LogP contribution is -2.37. The maximum atomic E-state index is 11.8. The van der Waals surface area contributed by atoms with Gasteiger partial charge < -0.3 is 15.8 Å². The summed E-state index contributed by atoms with van der Waals surface area (Å²) in [5.74, 6) is 1.05. The number of aromatic nitrogens is 1. The lowest BCUT2D eigenvalue weighted by atomic mass is 10.2. The van der Waals surface area contributed by atoms with E-state index in [9.17, 15) is 4.79 Å². The number of carbonyl (C=O) groups excluding carboxylic acids is 1. The van der Waals surface area contributed by atoms with Gasteiger partial charge >= 0.3 is 0 Å². The summed E-state index contributed by atoms with van der Waals surface area (Å²) in [5, 5.41) is 2.76. The minimum Gasteiger partial charge on any atom is -0.439 e. The smallest absolute Gasteiger partial charge is 0.244 e. The Bertz CT molecular complexity index is 646. The Morgan fingerprint density at radius 1 is 1.24 bits per heavy atom. The SMILES string of the molecule is Cc1ccc(Oc2ccc(NC(=O)C3(N)CC3)cn2)cc1. The first-order valence-corrected chi connectivity index (χ1v) is 6.86. The number of aryl methyl sites for hydroxylation is 1. The van der Waals surface area contributed by atoms with Crippen molar-refractivity contribution >= 4 is 11.6 Å². The highest BCUT2D eigenvalue weighted by atomic mass is 16.5. The maximum absolute atomic E-state index is 11.8. The van der Waals surface area contributed by atoms with Crippen molar-refractivity contribution in [2.45, 2.75) is 25.3 Å². The summed E-state index contributed by atoms with van der Waals surface area (Å²) in [4.78, 5) is 16.0. The normalized spacial score (nSPS) is 15.3. The zero-order chi connectivity index (χ0) is 14.9. The highest BCUT2D eigenvalue weighted by Crippen LogP contribution is 2.33. The number of amides is 1. The number of nitrogens with two attached hydrogens (primary N) is 1. The minimum absolute atomic E-state index is 0.156. The average Bonchev–Trinajstić information content (AvgIpc) is 3.23. The number of hydrogen-bond acceptors (Lipinski definition) is 4. The molecule has 1 aromatic heterocycles. The molecule has 0 spiro atoms. The number of nitrogens with zero attached hydrogens (tertiary/aromatic N) is 1. The molecule has 1 aromatic carbocycles. The lowest BCUT2D eigenvalue weighted by molar-refractivity contribution is -0.118. The van der Waals surface area contributed by atoms with E-state index in [1.54, 1.807) is 18.3 Å². The largest absolute Gasteiger partial charge is 0.439 e. The van der Waals surface area contributed by atoms with E-state index in [0.717, 1.165) is 18.6 Å². The minimum atomic E-state index is -0.683. The Hall–Kier alpha value is -2.40. The molecular weight excluding hydrogens is 266 g/mol. The van der Waals surface area contributed by atoms with E-state index in [2.05, 4.69) is 10.3 Å². The van der Waals surface area contributed by atoms with Gasteiger partial charge in [-0.2, -0.15) is 0 Å². The van der Waals surface area contributed by atoms with Crippen LogP contribution in [0.3, 0.4) is 0 Å². The molecule has 0 bridgehead atoms. The van der Waals surface area contributed by atoms with E-state index < -0.39 is 5.54 Å². The van der Waals surface area contributed by atoms with Crippen LogP contribution in [0.5, 0.6) is 11.6 Å². The molecular formula is C16H17N3O2. The third-order valence-electron chi connectivity index (χ3n) is 3.48. The van der Waals surface area contributed by atoms with Gasteiger partial charge in [0.25, 0.3) is 0 Å². The van der Waals surface area contributed by atoms with Gasteiger partial charge in [0, 0.05) is 6.07 Å². The van der Waals surface area contributed by atoms with E-state index in [1.165, 1.54) is 5.56 Å². The Labute approximate surface area is 123 Å². The molecule has 0 saturated heterocycles. The molecule has 5 nitrogen and oxygen atoms in total. The lowest BCUT2D eigenvalue weighted by Gasteiger charge is -2.10. The van der Waals surface area contributed by atoms with Crippen molar-refractivity contribution < 1.29 is 9.53 Å². The number of benzene rings is 1. The summed E-state index contributed by atoms with van der Waals surface area (Å²) in [6.07, 6.45) is 3.04. The zero-order valence-corrected chi connectivity index (χ0v) is 11.8.